The van der Waals surface area contributed by atoms with Gasteiger partial charge in [0.05, 0.1) is 4.83 Å². The summed E-state index contributed by atoms with van der Waals surface area (Å²) in [5.41, 5.74) is 3.74. The third-order valence-electron chi connectivity index (χ3n) is 3.09. The second-order valence-corrected chi connectivity index (χ2v) is 6.55. The highest BCUT2D eigenvalue weighted by Gasteiger charge is 2.13. The van der Waals surface area contributed by atoms with E-state index in [2.05, 4.69) is 60.1 Å². The molecule has 0 fully saturated rings. The van der Waals surface area contributed by atoms with Crippen LogP contribution in [-0.4, -0.2) is 0 Å². The van der Waals surface area contributed by atoms with Gasteiger partial charge in [-0.3, -0.25) is 0 Å². The third-order valence-corrected chi connectivity index (χ3v) is 4.46. The minimum Gasteiger partial charge on any atom is -0.0840 e. The molecule has 0 aromatic heterocycles. The Hall–Kier alpha value is -0.790. The first-order valence-corrected chi connectivity index (χ1v) is 7.84. The van der Waals surface area contributed by atoms with Gasteiger partial charge in [0.15, 0.2) is 0 Å². The highest BCUT2D eigenvalue weighted by Crippen LogP contribution is 2.35. The lowest BCUT2D eigenvalue weighted by Gasteiger charge is -2.13. The molecule has 19 heavy (non-hydrogen) atoms. The van der Waals surface area contributed by atoms with Crippen LogP contribution in [0.15, 0.2) is 48.5 Å². The molecule has 2 heteroatoms. The Morgan fingerprint density at radius 1 is 1.00 bits per heavy atom. The zero-order chi connectivity index (χ0) is 13.8. The van der Waals surface area contributed by atoms with E-state index in [-0.39, 0.29) is 4.83 Å². The summed E-state index contributed by atoms with van der Waals surface area (Å²) in [5, 5.41) is 0.802. The fraction of sp³-hybridized carbons (Fsp3) is 0.294. The SMILES string of the molecule is CC(C)Cc1ccc(C(Br)c2ccccc2Cl)cc1. The summed E-state index contributed by atoms with van der Waals surface area (Å²) in [6.45, 7) is 4.48. The zero-order valence-corrected chi connectivity index (χ0v) is 13.6. The van der Waals surface area contributed by atoms with Crippen molar-refractivity contribution in [1.82, 2.24) is 0 Å². The first-order chi connectivity index (χ1) is 9.08. The van der Waals surface area contributed by atoms with Crippen LogP contribution in [0.2, 0.25) is 5.02 Å². The molecule has 2 rings (SSSR count). The normalized spacial score (nSPS) is 12.7. The van der Waals surface area contributed by atoms with Crippen LogP contribution in [-0.2, 0) is 6.42 Å². The quantitative estimate of drug-likeness (QED) is 0.598. The minimum absolute atomic E-state index is 0.147. The standard InChI is InChI=1S/C17H18BrCl/c1-12(2)11-13-7-9-14(10-8-13)17(18)15-5-3-4-6-16(15)19/h3-10,12,17H,11H2,1-2H3. The molecule has 2 aromatic rings. The highest BCUT2D eigenvalue weighted by atomic mass is 79.9. The maximum Gasteiger partial charge on any atom is 0.0659 e. The van der Waals surface area contributed by atoms with E-state index in [1.165, 1.54) is 11.1 Å². The van der Waals surface area contributed by atoms with Crippen LogP contribution in [0.5, 0.6) is 0 Å². The topological polar surface area (TPSA) is 0 Å². The van der Waals surface area contributed by atoms with E-state index in [1.807, 2.05) is 18.2 Å². The predicted octanol–water partition coefficient (Wildman–Crippen LogP) is 6.02. The van der Waals surface area contributed by atoms with Crippen molar-refractivity contribution in [1.29, 1.82) is 0 Å². The maximum absolute atomic E-state index is 6.24. The van der Waals surface area contributed by atoms with Gasteiger partial charge in [-0.15, -0.1) is 0 Å². The summed E-state index contributed by atoms with van der Waals surface area (Å²) in [6.07, 6.45) is 1.12. The Labute approximate surface area is 128 Å². The fourth-order valence-corrected chi connectivity index (χ4v) is 3.24. The van der Waals surface area contributed by atoms with Gasteiger partial charge in [-0.05, 0) is 35.1 Å². The van der Waals surface area contributed by atoms with E-state index in [1.54, 1.807) is 0 Å². The molecule has 1 unspecified atom stereocenters. The summed E-state index contributed by atoms with van der Waals surface area (Å²) < 4.78 is 0. The molecular formula is C17H18BrCl. The van der Waals surface area contributed by atoms with Gasteiger partial charge < -0.3 is 0 Å². The van der Waals surface area contributed by atoms with Crippen LogP contribution in [0.4, 0.5) is 0 Å². The Kier molecular flexibility index (Phi) is 5.06. The van der Waals surface area contributed by atoms with E-state index in [4.69, 9.17) is 11.6 Å². The predicted molar refractivity (Wildman–Crippen MR) is 87.2 cm³/mol. The van der Waals surface area contributed by atoms with Crippen LogP contribution in [0.1, 0.15) is 35.4 Å². The molecule has 0 nitrogen and oxygen atoms in total. The number of benzene rings is 2. The van der Waals surface area contributed by atoms with E-state index in [9.17, 15) is 0 Å². The van der Waals surface area contributed by atoms with Gasteiger partial charge in [0.2, 0.25) is 0 Å². The van der Waals surface area contributed by atoms with Gasteiger partial charge in [-0.25, -0.2) is 0 Å². The molecule has 0 aliphatic rings. The lowest BCUT2D eigenvalue weighted by Crippen LogP contribution is -1.96. The molecule has 0 radical (unpaired) electrons. The molecule has 0 saturated carbocycles. The number of halogens is 2. The van der Waals surface area contributed by atoms with Crippen LogP contribution < -0.4 is 0 Å². The van der Waals surface area contributed by atoms with Crippen LogP contribution in [0.25, 0.3) is 0 Å². The zero-order valence-electron chi connectivity index (χ0n) is 11.2. The van der Waals surface area contributed by atoms with Crippen molar-refractivity contribution in [3.8, 4) is 0 Å². The van der Waals surface area contributed by atoms with Gasteiger partial charge in [-0.1, -0.05) is 83.8 Å². The van der Waals surface area contributed by atoms with Crippen LogP contribution in [0, 0.1) is 5.92 Å². The molecule has 0 spiro atoms. The van der Waals surface area contributed by atoms with E-state index >= 15 is 0 Å². The highest BCUT2D eigenvalue weighted by molar-refractivity contribution is 9.09. The average molecular weight is 338 g/mol. The summed E-state index contributed by atoms with van der Waals surface area (Å²) in [5.74, 6) is 0.689. The Bertz CT molecular complexity index is 531. The molecule has 0 aliphatic heterocycles. The molecule has 0 saturated heterocycles. The van der Waals surface area contributed by atoms with E-state index in [0.717, 1.165) is 17.0 Å². The van der Waals surface area contributed by atoms with Gasteiger partial charge >= 0.3 is 0 Å². The first-order valence-electron chi connectivity index (χ1n) is 6.55. The number of hydrogen-bond donors (Lipinski definition) is 0. The molecular weight excluding hydrogens is 320 g/mol. The Morgan fingerprint density at radius 3 is 2.21 bits per heavy atom. The minimum atomic E-state index is 0.147. The number of alkyl halides is 1. The van der Waals surface area contributed by atoms with Gasteiger partial charge in [0, 0.05) is 5.02 Å². The van der Waals surface area contributed by atoms with Crippen LogP contribution in [0.3, 0.4) is 0 Å². The van der Waals surface area contributed by atoms with Gasteiger partial charge in [-0.2, -0.15) is 0 Å². The average Bonchev–Trinajstić information content (AvgIpc) is 2.39. The fourth-order valence-electron chi connectivity index (χ4n) is 2.15. The largest absolute Gasteiger partial charge is 0.0840 e. The van der Waals surface area contributed by atoms with Crippen molar-refractivity contribution in [3.05, 3.63) is 70.2 Å². The lowest BCUT2D eigenvalue weighted by atomic mass is 9.99. The molecule has 0 aliphatic carbocycles. The van der Waals surface area contributed by atoms with E-state index < -0.39 is 0 Å². The van der Waals surface area contributed by atoms with Gasteiger partial charge in [0.25, 0.3) is 0 Å². The third kappa shape index (κ3) is 3.84. The maximum atomic E-state index is 6.24. The summed E-state index contributed by atoms with van der Waals surface area (Å²) in [6, 6.07) is 16.7. The molecule has 1 atom stereocenters. The second-order valence-electron chi connectivity index (χ2n) is 5.22. The summed E-state index contributed by atoms with van der Waals surface area (Å²) in [4.78, 5) is 0.147. The van der Waals surface area contributed by atoms with Crippen molar-refractivity contribution >= 4 is 27.5 Å². The Morgan fingerprint density at radius 2 is 1.63 bits per heavy atom. The van der Waals surface area contributed by atoms with Crippen molar-refractivity contribution in [2.24, 2.45) is 5.92 Å². The summed E-state index contributed by atoms with van der Waals surface area (Å²) >= 11 is 9.98. The molecule has 0 amide bonds. The Balaban J connectivity index is 2.20. The molecule has 2 aromatic carbocycles. The number of rotatable bonds is 4. The molecule has 100 valence electrons. The van der Waals surface area contributed by atoms with Crippen molar-refractivity contribution < 1.29 is 0 Å². The van der Waals surface area contributed by atoms with Crippen LogP contribution >= 0.6 is 27.5 Å². The van der Waals surface area contributed by atoms with E-state index in [0.29, 0.717) is 5.92 Å². The molecule has 0 N–H and O–H groups in total. The first kappa shape index (κ1) is 14.6. The second kappa shape index (κ2) is 6.58. The smallest absolute Gasteiger partial charge is 0.0659 e. The number of hydrogen-bond acceptors (Lipinski definition) is 0. The molecule has 0 bridgehead atoms. The monoisotopic (exact) mass is 336 g/mol. The van der Waals surface area contributed by atoms with Crippen molar-refractivity contribution in [2.45, 2.75) is 25.1 Å². The van der Waals surface area contributed by atoms with Crippen molar-refractivity contribution in [2.75, 3.05) is 0 Å². The summed E-state index contributed by atoms with van der Waals surface area (Å²) in [7, 11) is 0. The lowest BCUT2D eigenvalue weighted by molar-refractivity contribution is 0.647. The molecule has 0 heterocycles. The van der Waals surface area contributed by atoms with Crippen molar-refractivity contribution in [3.63, 3.8) is 0 Å². The van der Waals surface area contributed by atoms with Gasteiger partial charge in [0.1, 0.15) is 0 Å².